The van der Waals surface area contributed by atoms with Crippen molar-refractivity contribution in [2.75, 3.05) is 11.9 Å². The van der Waals surface area contributed by atoms with Gasteiger partial charge in [0, 0.05) is 11.1 Å². The predicted molar refractivity (Wildman–Crippen MR) is 67.1 cm³/mol. The molecular weight excluding hydrogens is 220 g/mol. The molecule has 0 saturated carbocycles. The standard InChI is InChI=1S/C12H14N2OS/c1-2-15-12-6-4-3-5-11(12)14-8-10-7-13-9-16-10/h3-7,9,14H,2,8H2,1H3. The third-order valence-electron chi connectivity index (χ3n) is 2.12. The average Bonchev–Trinajstić information content (AvgIpc) is 2.81. The number of benzene rings is 1. The van der Waals surface area contributed by atoms with Gasteiger partial charge in [0.2, 0.25) is 0 Å². The number of hydrogen-bond donors (Lipinski definition) is 1. The number of anilines is 1. The van der Waals surface area contributed by atoms with Crippen molar-refractivity contribution >= 4 is 17.0 Å². The number of aromatic nitrogens is 1. The van der Waals surface area contributed by atoms with Gasteiger partial charge in [0.15, 0.2) is 0 Å². The first kappa shape index (κ1) is 11.0. The molecule has 16 heavy (non-hydrogen) atoms. The summed E-state index contributed by atoms with van der Waals surface area (Å²) in [7, 11) is 0. The third kappa shape index (κ3) is 2.73. The van der Waals surface area contributed by atoms with Gasteiger partial charge in [-0.15, -0.1) is 11.3 Å². The van der Waals surface area contributed by atoms with E-state index in [2.05, 4.69) is 10.3 Å². The molecule has 0 radical (unpaired) electrons. The molecule has 2 rings (SSSR count). The van der Waals surface area contributed by atoms with E-state index in [-0.39, 0.29) is 0 Å². The van der Waals surface area contributed by atoms with Crippen LogP contribution in [0.4, 0.5) is 5.69 Å². The van der Waals surface area contributed by atoms with Crippen LogP contribution in [-0.4, -0.2) is 11.6 Å². The van der Waals surface area contributed by atoms with Crippen LogP contribution >= 0.6 is 11.3 Å². The van der Waals surface area contributed by atoms with E-state index in [0.29, 0.717) is 6.61 Å². The van der Waals surface area contributed by atoms with Crippen LogP contribution in [0.15, 0.2) is 36.0 Å². The van der Waals surface area contributed by atoms with E-state index in [1.54, 1.807) is 11.3 Å². The van der Waals surface area contributed by atoms with E-state index in [1.165, 1.54) is 4.88 Å². The number of hydrogen-bond acceptors (Lipinski definition) is 4. The fourth-order valence-corrected chi connectivity index (χ4v) is 1.94. The Labute approximate surface area is 99.1 Å². The number of nitrogens with zero attached hydrogens (tertiary/aromatic N) is 1. The van der Waals surface area contributed by atoms with Gasteiger partial charge in [0.05, 0.1) is 24.3 Å². The van der Waals surface area contributed by atoms with Crippen LogP contribution in [0.2, 0.25) is 0 Å². The fourth-order valence-electron chi connectivity index (χ4n) is 1.41. The first-order chi connectivity index (χ1) is 7.90. The summed E-state index contributed by atoms with van der Waals surface area (Å²) < 4.78 is 5.53. The van der Waals surface area contributed by atoms with E-state index in [0.717, 1.165) is 18.0 Å². The summed E-state index contributed by atoms with van der Waals surface area (Å²) in [5.74, 6) is 0.898. The van der Waals surface area contributed by atoms with Crippen LogP contribution in [-0.2, 0) is 6.54 Å². The minimum atomic E-state index is 0.680. The van der Waals surface area contributed by atoms with Crippen molar-refractivity contribution in [3.63, 3.8) is 0 Å². The first-order valence-corrected chi connectivity index (χ1v) is 6.11. The van der Waals surface area contributed by atoms with Crippen molar-refractivity contribution in [2.24, 2.45) is 0 Å². The Morgan fingerprint density at radius 2 is 2.25 bits per heavy atom. The highest BCUT2D eigenvalue weighted by molar-refractivity contribution is 7.09. The number of para-hydroxylation sites is 2. The lowest BCUT2D eigenvalue weighted by atomic mass is 10.3. The van der Waals surface area contributed by atoms with Gasteiger partial charge in [-0.05, 0) is 19.1 Å². The third-order valence-corrected chi connectivity index (χ3v) is 2.90. The van der Waals surface area contributed by atoms with Gasteiger partial charge >= 0.3 is 0 Å². The van der Waals surface area contributed by atoms with Crippen LogP contribution in [0, 0.1) is 0 Å². The lowest BCUT2D eigenvalue weighted by Gasteiger charge is -2.11. The lowest BCUT2D eigenvalue weighted by Crippen LogP contribution is -2.01. The maximum Gasteiger partial charge on any atom is 0.142 e. The zero-order valence-corrected chi connectivity index (χ0v) is 9.96. The maximum atomic E-state index is 5.53. The molecule has 1 heterocycles. The number of ether oxygens (including phenoxy) is 1. The minimum absolute atomic E-state index is 0.680. The van der Waals surface area contributed by atoms with E-state index in [4.69, 9.17) is 4.74 Å². The van der Waals surface area contributed by atoms with Gasteiger partial charge in [0.1, 0.15) is 5.75 Å². The molecule has 0 aliphatic rings. The second-order valence-corrected chi connectivity index (χ2v) is 4.22. The average molecular weight is 234 g/mol. The van der Waals surface area contributed by atoms with E-state index in [1.807, 2.05) is 42.9 Å². The molecule has 2 aromatic rings. The summed E-state index contributed by atoms with van der Waals surface area (Å²) in [5.41, 5.74) is 2.86. The van der Waals surface area contributed by atoms with Crippen molar-refractivity contribution in [2.45, 2.75) is 13.5 Å². The van der Waals surface area contributed by atoms with Gasteiger partial charge < -0.3 is 10.1 Å². The van der Waals surface area contributed by atoms with Gasteiger partial charge in [-0.3, -0.25) is 4.98 Å². The summed E-state index contributed by atoms with van der Waals surface area (Å²) in [4.78, 5) is 5.25. The van der Waals surface area contributed by atoms with Crippen molar-refractivity contribution in [1.82, 2.24) is 4.98 Å². The molecule has 0 aliphatic heterocycles. The van der Waals surface area contributed by atoms with Crippen LogP contribution in [0.5, 0.6) is 5.75 Å². The quantitative estimate of drug-likeness (QED) is 0.863. The Hall–Kier alpha value is -1.55. The zero-order chi connectivity index (χ0) is 11.2. The summed E-state index contributed by atoms with van der Waals surface area (Å²) in [5, 5.41) is 3.35. The van der Waals surface area contributed by atoms with Crippen molar-refractivity contribution < 1.29 is 4.74 Å². The molecule has 0 fully saturated rings. The molecule has 84 valence electrons. The first-order valence-electron chi connectivity index (χ1n) is 5.23. The largest absolute Gasteiger partial charge is 0.492 e. The van der Waals surface area contributed by atoms with E-state index < -0.39 is 0 Å². The predicted octanol–water partition coefficient (Wildman–Crippen LogP) is 3.15. The van der Waals surface area contributed by atoms with E-state index >= 15 is 0 Å². The van der Waals surface area contributed by atoms with Crippen LogP contribution in [0.1, 0.15) is 11.8 Å². The number of thiazole rings is 1. The topological polar surface area (TPSA) is 34.1 Å². The Morgan fingerprint density at radius 1 is 1.38 bits per heavy atom. The molecule has 4 heteroatoms. The molecule has 1 aromatic heterocycles. The summed E-state index contributed by atoms with van der Waals surface area (Å²) in [6.45, 7) is 3.45. The lowest BCUT2D eigenvalue weighted by molar-refractivity contribution is 0.341. The Morgan fingerprint density at radius 3 is 3.00 bits per heavy atom. The summed E-state index contributed by atoms with van der Waals surface area (Å²) in [6.07, 6.45) is 1.88. The second kappa shape index (κ2) is 5.51. The van der Waals surface area contributed by atoms with Gasteiger partial charge in [-0.1, -0.05) is 12.1 Å². The second-order valence-electron chi connectivity index (χ2n) is 3.25. The van der Waals surface area contributed by atoms with Crippen molar-refractivity contribution in [3.8, 4) is 5.75 Å². The summed E-state index contributed by atoms with van der Waals surface area (Å²) >= 11 is 1.65. The smallest absolute Gasteiger partial charge is 0.142 e. The normalized spacial score (nSPS) is 10.1. The Bertz CT molecular complexity index is 428. The molecular formula is C12H14N2OS. The molecule has 0 unspecified atom stereocenters. The number of rotatable bonds is 5. The maximum absolute atomic E-state index is 5.53. The zero-order valence-electron chi connectivity index (χ0n) is 9.14. The Kier molecular flexibility index (Phi) is 3.77. The molecule has 0 aliphatic carbocycles. The molecule has 1 aromatic carbocycles. The molecule has 3 nitrogen and oxygen atoms in total. The fraction of sp³-hybridized carbons (Fsp3) is 0.250. The van der Waals surface area contributed by atoms with Gasteiger partial charge in [-0.25, -0.2) is 0 Å². The minimum Gasteiger partial charge on any atom is -0.492 e. The molecule has 0 atom stereocenters. The molecule has 0 bridgehead atoms. The molecule has 0 amide bonds. The Balaban J connectivity index is 2.03. The SMILES string of the molecule is CCOc1ccccc1NCc1cncs1. The van der Waals surface area contributed by atoms with Crippen molar-refractivity contribution in [3.05, 3.63) is 40.8 Å². The van der Waals surface area contributed by atoms with Crippen LogP contribution in [0.25, 0.3) is 0 Å². The summed E-state index contributed by atoms with van der Waals surface area (Å²) in [6, 6.07) is 7.96. The molecule has 0 spiro atoms. The molecule has 0 saturated heterocycles. The van der Waals surface area contributed by atoms with E-state index in [9.17, 15) is 0 Å². The van der Waals surface area contributed by atoms with Crippen LogP contribution < -0.4 is 10.1 Å². The monoisotopic (exact) mass is 234 g/mol. The highest BCUT2D eigenvalue weighted by atomic mass is 32.1. The highest BCUT2D eigenvalue weighted by Crippen LogP contribution is 2.24. The van der Waals surface area contributed by atoms with Crippen LogP contribution in [0.3, 0.4) is 0 Å². The van der Waals surface area contributed by atoms with Gasteiger partial charge in [0.25, 0.3) is 0 Å². The van der Waals surface area contributed by atoms with Crippen molar-refractivity contribution in [1.29, 1.82) is 0 Å². The number of nitrogens with one attached hydrogen (secondary N) is 1. The molecule has 1 N–H and O–H groups in total. The van der Waals surface area contributed by atoms with Gasteiger partial charge in [-0.2, -0.15) is 0 Å². The highest BCUT2D eigenvalue weighted by Gasteiger charge is 2.01.